The van der Waals surface area contributed by atoms with Gasteiger partial charge in [0.05, 0.1) is 51.8 Å². The summed E-state index contributed by atoms with van der Waals surface area (Å²) in [6.45, 7) is 11.0. The van der Waals surface area contributed by atoms with Crippen LogP contribution < -0.4 is 0 Å². The lowest BCUT2D eigenvalue weighted by Gasteiger charge is -2.22. The number of carbonyl (C=O) groups is 2. The van der Waals surface area contributed by atoms with Gasteiger partial charge in [-0.1, -0.05) is 182 Å². The molecule has 0 rings (SSSR count). The molecule has 9 nitrogen and oxygen atoms in total. The summed E-state index contributed by atoms with van der Waals surface area (Å²) in [6.07, 6.45) is 28.5. The molecule has 2 N–H and O–H groups in total. The molecule has 4 unspecified atom stereocenters. The average Bonchev–Trinajstić information content (AvgIpc) is 3.14. The molecule has 0 aliphatic heterocycles. The van der Waals surface area contributed by atoms with Gasteiger partial charge in [0.2, 0.25) is 0 Å². The molecule has 4 atom stereocenters. The van der Waals surface area contributed by atoms with Crippen molar-refractivity contribution in [2.75, 3.05) is 39.6 Å². The standard InChI is InChI=1S/C44H86O9/c1-5-9-13-17-21-25-29-39(37-52-41(43(45)46)31-27-23-19-15-11-7-3)50-35-33-49-34-36-51-40(30-26-22-18-14-10-6-2)38-53-42(44(47)48)32-28-24-20-16-12-8-4/h39-42H,5-38H2,1-4H3,(H,45,46)(H,47,48). The van der Waals surface area contributed by atoms with Gasteiger partial charge in [-0.2, -0.15) is 0 Å². The van der Waals surface area contributed by atoms with Gasteiger partial charge in [0.25, 0.3) is 0 Å². The quantitative estimate of drug-likeness (QED) is 0.0585. The number of aliphatic carboxylic acids is 2. The fourth-order valence-electron chi connectivity index (χ4n) is 6.61. The highest BCUT2D eigenvalue weighted by molar-refractivity contribution is 5.72. The zero-order valence-electron chi connectivity index (χ0n) is 35.1. The van der Waals surface area contributed by atoms with Crippen LogP contribution in [0, 0.1) is 0 Å². The van der Waals surface area contributed by atoms with E-state index in [1.807, 2.05) is 0 Å². The smallest absolute Gasteiger partial charge is 0.332 e. The Morgan fingerprint density at radius 2 is 0.660 bits per heavy atom. The molecule has 0 fully saturated rings. The highest BCUT2D eigenvalue weighted by atomic mass is 16.6. The zero-order valence-corrected chi connectivity index (χ0v) is 35.1. The van der Waals surface area contributed by atoms with E-state index in [1.165, 1.54) is 89.9 Å². The summed E-state index contributed by atoms with van der Waals surface area (Å²) >= 11 is 0. The van der Waals surface area contributed by atoms with E-state index in [9.17, 15) is 19.8 Å². The van der Waals surface area contributed by atoms with Crippen LogP contribution in [0.15, 0.2) is 0 Å². The van der Waals surface area contributed by atoms with E-state index in [0.29, 0.717) is 39.3 Å². The fourth-order valence-corrected chi connectivity index (χ4v) is 6.61. The summed E-state index contributed by atoms with van der Waals surface area (Å²) in [6, 6.07) is 0. The molecule has 316 valence electrons. The van der Waals surface area contributed by atoms with E-state index in [1.54, 1.807) is 0 Å². The summed E-state index contributed by atoms with van der Waals surface area (Å²) < 4.78 is 30.1. The van der Waals surface area contributed by atoms with E-state index in [-0.39, 0.29) is 25.4 Å². The summed E-state index contributed by atoms with van der Waals surface area (Å²) in [5, 5.41) is 19.5. The van der Waals surface area contributed by atoms with E-state index in [2.05, 4.69) is 27.7 Å². The molecule has 0 radical (unpaired) electrons. The van der Waals surface area contributed by atoms with Gasteiger partial charge >= 0.3 is 11.9 Å². The van der Waals surface area contributed by atoms with Gasteiger partial charge in [-0.3, -0.25) is 0 Å². The first-order chi connectivity index (χ1) is 25.9. The number of rotatable bonds is 44. The van der Waals surface area contributed by atoms with Crippen molar-refractivity contribution in [2.45, 2.75) is 232 Å². The van der Waals surface area contributed by atoms with Crippen molar-refractivity contribution in [3.63, 3.8) is 0 Å². The van der Waals surface area contributed by atoms with Gasteiger partial charge in [0.15, 0.2) is 12.2 Å². The van der Waals surface area contributed by atoms with Crippen LogP contribution in [0.1, 0.15) is 207 Å². The normalized spacial score (nSPS) is 14.0. The monoisotopic (exact) mass is 759 g/mol. The number of hydrogen-bond donors (Lipinski definition) is 2. The fraction of sp³-hybridized carbons (Fsp3) is 0.955. The van der Waals surface area contributed by atoms with Gasteiger partial charge in [0, 0.05) is 0 Å². The van der Waals surface area contributed by atoms with Crippen LogP contribution in [0.4, 0.5) is 0 Å². The third-order valence-corrected chi connectivity index (χ3v) is 10.1. The topological polar surface area (TPSA) is 121 Å². The Bertz CT molecular complexity index is 718. The predicted octanol–water partition coefficient (Wildman–Crippen LogP) is 11.7. The van der Waals surface area contributed by atoms with Crippen molar-refractivity contribution >= 4 is 11.9 Å². The third kappa shape index (κ3) is 34.9. The zero-order chi connectivity index (χ0) is 39.0. The first-order valence-corrected chi connectivity index (χ1v) is 22.4. The van der Waals surface area contributed by atoms with Crippen LogP contribution in [-0.2, 0) is 33.3 Å². The second-order valence-corrected chi connectivity index (χ2v) is 15.1. The molecule has 0 spiro atoms. The Morgan fingerprint density at radius 3 is 0.962 bits per heavy atom. The maximum absolute atomic E-state index is 11.9. The van der Waals surface area contributed by atoms with Crippen LogP contribution in [0.25, 0.3) is 0 Å². The maximum Gasteiger partial charge on any atom is 0.332 e. The third-order valence-electron chi connectivity index (χ3n) is 10.1. The highest BCUT2D eigenvalue weighted by Crippen LogP contribution is 2.17. The number of carboxylic acid groups (broad SMARTS) is 2. The molecule has 9 heteroatoms. The molecule has 0 aliphatic rings. The van der Waals surface area contributed by atoms with Crippen molar-refractivity contribution in [3.05, 3.63) is 0 Å². The van der Waals surface area contributed by atoms with E-state index < -0.39 is 24.1 Å². The minimum Gasteiger partial charge on any atom is -0.479 e. The molecule has 0 saturated carbocycles. The Kier molecular flexibility index (Phi) is 39.4. The van der Waals surface area contributed by atoms with Gasteiger partial charge in [-0.15, -0.1) is 0 Å². The summed E-state index contributed by atoms with van der Waals surface area (Å²) in [7, 11) is 0. The molecule has 0 bridgehead atoms. The Labute approximate surface area is 326 Å². The highest BCUT2D eigenvalue weighted by Gasteiger charge is 2.22. The van der Waals surface area contributed by atoms with Gasteiger partial charge in [-0.05, 0) is 25.7 Å². The molecular formula is C44H86O9. The largest absolute Gasteiger partial charge is 0.479 e. The second kappa shape index (κ2) is 40.4. The lowest BCUT2D eigenvalue weighted by molar-refractivity contribution is -0.154. The van der Waals surface area contributed by atoms with Gasteiger partial charge in [-0.25, -0.2) is 9.59 Å². The van der Waals surface area contributed by atoms with Gasteiger partial charge < -0.3 is 33.9 Å². The van der Waals surface area contributed by atoms with Crippen LogP contribution in [0.5, 0.6) is 0 Å². The SMILES string of the molecule is CCCCCCCCC(COC(CCCCCCCC)C(=O)O)OCCOCCOC(CCCCCCCC)COC(CCCCCCCC)C(=O)O. The van der Waals surface area contributed by atoms with E-state index in [0.717, 1.165) is 77.0 Å². The molecule has 0 aromatic carbocycles. The average molecular weight is 759 g/mol. The molecule has 0 saturated heterocycles. The number of hydrogen-bond acceptors (Lipinski definition) is 7. The molecule has 53 heavy (non-hydrogen) atoms. The van der Waals surface area contributed by atoms with Crippen molar-refractivity contribution in [1.82, 2.24) is 0 Å². The van der Waals surface area contributed by atoms with Crippen molar-refractivity contribution in [2.24, 2.45) is 0 Å². The van der Waals surface area contributed by atoms with E-state index in [4.69, 9.17) is 23.7 Å². The van der Waals surface area contributed by atoms with Crippen LogP contribution in [-0.4, -0.2) is 86.2 Å². The van der Waals surface area contributed by atoms with Gasteiger partial charge in [0.1, 0.15) is 0 Å². The number of ether oxygens (including phenoxy) is 5. The first-order valence-electron chi connectivity index (χ1n) is 22.4. The van der Waals surface area contributed by atoms with Crippen molar-refractivity contribution in [1.29, 1.82) is 0 Å². The number of carboxylic acids is 2. The summed E-state index contributed by atoms with van der Waals surface area (Å²) in [4.78, 5) is 23.8. The lowest BCUT2D eigenvalue weighted by atomic mass is 10.1. The Balaban J connectivity index is 4.79. The molecular weight excluding hydrogens is 672 g/mol. The molecule has 0 aromatic heterocycles. The van der Waals surface area contributed by atoms with Crippen LogP contribution >= 0.6 is 0 Å². The minimum absolute atomic E-state index is 0.162. The second-order valence-electron chi connectivity index (χ2n) is 15.1. The Hall–Kier alpha value is -1.26. The van der Waals surface area contributed by atoms with Crippen molar-refractivity contribution < 1.29 is 43.5 Å². The maximum atomic E-state index is 11.9. The summed E-state index contributed by atoms with van der Waals surface area (Å²) in [5.41, 5.74) is 0. The minimum atomic E-state index is -0.892. The van der Waals surface area contributed by atoms with Crippen LogP contribution in [0.2, 0.25) is 0 Å². The number of unbranched alkanes of at least 4 members (excludes halogenated alkanes) is 20. The Morgan fingerprint density at radius 1 is 0.377 bits per heavy atom. The van der Waals surface area contributed by atoms with Crippen LogP contribution in [0.3, 0.4) is 0 Å². The predicted molar refractivity (Wildman–Crippen MR) is 217 cm³/mol. The van der Waals surface area contributed by atoms with Crippen molar-refractivity contribution in [3.8, 4) is 0 Å². The van der Waals surface area contributed by atoms with E-state index >= 15 is 0 Å². The molecule has 0 aromatic rings. The molecule has 0 heterocycles. The molecule has 0 amide bonds. The first kappa shape index (κ1) is 51.7. The lowest BCUT2D eigenvalue weighted by Crippen LogP contribution is -2.31. The molecule has 0 aliphatic carbocycles. The summed E-state index contributed by atoms with van der Waals surface area (Å²) in [5.74, 6) is -1.78.